The molecular weight excluding hydrogens is 367 g/mol. The van der Waals surface area contributed by atoms with Gasteiger partial charge in [-0.15, -0.1) is 0 Å². The number of halogens is 1. The number of benzene rings is 2. The van der Waals surface area contributed by atoms with E-state index in [1.807, 2.05) is 32.0 Å². The number of likely N-dealkylation sites (tertiary alicyclic amines) is 1. The molecular formula is C24H31FN2O2. The van der Waals surface area contributed by atoms with Crippen LogP contribution in [0.4, 0.5) is 4.39 Å². The largest absolute Gasteiger partial charge is 0.493 e. The van der Waals surface area contributed by atoms with E-state index in [4.69, 9.17) is 4.74 Å². The Morgan fingerprint density at radius 1 is 1.14 bits per heavy atom. The van der Waals surface area contributed by atoms with E-state index in [0.29, 0.717) is 19.4 Å². The highest BCUT2D eigenvalue weighted by Crippen LogP contribution is 2.19. The van der Waals surface area contributed by atoms with E-state index in [-0.39, 0.29) is 17.8 Å². The summed E-state index contributed by atoms with van der Waals surface area (Å²) < 4.78 is 18.8. The second kappa shape index (κ2) is 10.4. The molecule has 1 N–H and O–H groups in total. The van der Waals surface area contributed by atoms with Crippen molar-refractivity contribution in [3.8, 4) is 5.75 Å². The summed E-state index contributed by atoms with van der Waals surface area (Å²) in [5.74, 6) is 0.806. The Balaban J connectivity index is 1.31. The third-order valence-corrected chi connectivity index (χ3v) is 5.42. The van der Waals surface area contributed by atoms with Gasteiger partial charge in [-0.2, -0.15) is 0 Å². The highest BCUT2D eigenvalue weighted by atomic mass is 19.1. The van der Waals surface area contributed by atoms with E-state index in [2.05, 4.69) is 22.3 Å². The fourth-order valence-corrected chi connectivity index (χ4v) is 3.66. The molecule has 29 heavy (non-hydrogen) atoms. The van der Waals surface area contributed by atoms with Crippen LogP contribution in [0, 0.1) is 19.7 Å². The fraction of sp³-hybridized carbons (Fsp3) is 0.458. The average Bonchev–Trinajstić information content (AvgIpc) is 2.71. The molecule has 0 bridgehead atoms. The number of hydrogen-bond acceptors (Lipinski definition) is 3. The molecule has 1 aliphatic rings. The zero-order chi connectivity index (χ0) is 20.6. The second-order valence-corrected chi connectivity index (χ2v) is 7.97. The molecule has 1 heterocycles. The van der Waals surface area contributed by atoms with Gasteiger partial charge in [0.15, 0.2) is 0 Å². The first-order chi connectivity index (χ1) is 14.0. The molecule has 2 aromatic carbocycles. The van der Waals surface area contributed by atoms with Crippen molar-refractivity contribution in [2.75, 3.05) is 19.7 Å². The van der Waals surface area contributed by atoms with Crippen molar-refractivity contribution in [1.82, 2.24) is 10.2 Å². The summed E-state index contributed by atoms with van der Waals surface area (Å²) in [4.78, 5) is 14.6. The lowest BCUT2D eigenvalue weighted by Gasteiger charge is -2.32. The van der Waals surface area contributed by atoms with Crippen molar-refractivity contribution in [1.29, 1.82) is 0 Å². The van der Waals surface area contributed by atoms with Gasteiger partial charge >= 0.3 is 0 Å². The normalized spacial score (nSPS) is 15.3. The molecule has 0 aliphatic carbocycles. The minimum absolute atomic E-state index is 0.103. The van der Waals surface area contributed by atoms with Gasteiger partial charge in [0.1, 0.15) is 11.6 Å². The van der Waals surface area contributed by atoms with Crippen molar-refractivity contribution in [3.63, 3.8) is 0 Å². The summed E-state index contributed by atoms with van der Waals surface area (Å²) in [5, 5.41) is 3.16. The van der Waals surface area contributed by atoms with E-state index < -0.39 is 0 Å². The van der Waals surface area contributed by atoms with Gasteiger partial charge in [-0.05, 0) is 68.0 Å². The summed E-state index contributed by atoms with van der Waals surface area (Å²) >= 11 is 0. The molecule has 1 saturated heterocycles. The van der Waals surface area contributed by atoms with E-state index in [1.54, 1.807) is 0 Å². The van der Waals surface area contributed by atoms with Crippen LogP contribution in [0.3, 0.4) is 0 Å². The van der Waals surface area contributed by atoms with Gasteiger partial charge in [0, 0.05) is 32.1 Å². The maximum Gasteiger partial charge on any atom is 0.220 e. The van der Waals surface area contributed by atoms with Crippen LogP contribution in [0.5, 0.6) is 5.75 Å². The molecule has 1 fully saturated rings. The van der Waals surface area contributed by atoms with Crippen LogP contribution in [0.15, 0.2) is 42.5 Å². The average molecular weight is 399 g/mol. The molecule has 156 valence electrons. The summed E-state index contributed by atoms with van der Waals surface area (Å²) in [7, 11) is 0. The predicted octanol–water partition coefficient (Wildman–Crippen LogP) is 4.38. The van der Waals surface area contributed by atoms with Gasteiger partial charge in [-0.25, -0.2) is 4.39 Å². The molecule has 1 amide bonds. The number of hydrogen-bond donors (Lipinski definition) is 1. The number of aryl methyl sites for hydroxylation is 2. The number of amides is 1. The number of rotatable bonds is 8. The van der Waals surface area contributed by atoms with Crippen LogP contribution in [-0.4, -0.2) is 36.5 Å². The van der Waals surface area contributed by atoms with Crippen LogP contribution >= 0.6 is 0 Å². The van der Waals surface area contributed by atoms with Gasteiger partial charge in [0.05, 0.1) is 6.61 Å². The third kappa shape index (κ3) is 6.86. The lowest BCUT2D eigenvalue weighted by atomic mass is 10.0. The van der Waals surface area contributed by atoms with Crippen molar-refractivity contribution in [2.24, 2.45) is 0 Å². The van der Waals surface area contributed by atoms with E-state index >= 15 is 0 Å². The molecule has 2 aromatic rings. The maximum absolute atomic E-state index is 13.0. The van der Waals surface area contributed by atoms with Gasteiger partial charge in [-0.3, -0.25) is 9.69 Å². The SMILES string of the molecule is Cc1ccc(C)c(OCCCC(=O)NC2CCN(Cc3ccc(F)cc3)CC2)c1. The first kappa shape index (κ1) is 21.3. The van der Waals surface area contributed by atoms with Crippen molar-refractivity contribution < 1.29 is 13.9 Å². The molecule has 0 unspecified atom stereocenters. The summed E-state index contributed by atoms with van der Waals surface area (Å²) in [6, 6.07) is 13.1. The fourth-order valence-electron chi connectivity index (χ4n) is 3.66. The van der Waals surface area contributed by atoms with E-state index in [1.165, 1.54) is 17.7 Å². The highest BCUT2D eigenvalue weighted by Gasteiger charge is 2.20. The smallest absolute Gasteiger partial charge is 0.220 e. The number of carbonyl (C=O) groups excluding carboxylic acids is 1. The molecule has 0 saturated carbocycles. The molecule has 0 spiro atoms. The second-order valence-electron chi connectivity index (χ2n) is 7.97. The Kier molecular flexibility index (Phi) is 7.64. The van der Waals surface area contributed by atoms with Gasteiger partial charge in [0.2, 0.25) is 5.91 Å². The lowest BCUT2D eigenvalue weighted by molar-refractivity contribution is -0.122. The van der Waals surface area contributed by atoms with Crippen molar-refractivity contribution in [2.45, 2.75) is 52.1 Å². The van der Waals surface area contributed by atoms with Gasteiger partial charge < -0.3 is 10.1 Å². The highest BCUT2D eigenvalue weighted by molar-refractivity contribution is 5.76. The van der Waals surface area contributed by atoms with Crippen molar-refractivity contribution in [3.05, 3.63) is 65.0 Å². The maximum atomic E-state index is 13.0. The first-order valence-corrected chi connectivity index (χ1v) is 10.5. The molecule has 5 heteroatoms. The lowest BCUT2D eigenvalue weighted by Crippen LogP contribution is -2.44. The number of carbonyl (C=O) groups is 1. The van der Waals surface area contributed by atoms with Crippen molar-refractivity contribution >= 4 is 5.91 Å². The first-order valence-electron chi connectivity index (χ1n) is 10.5. The van der Waals surface area contributed by atoms with E-state index in [9.17, 15) is 9.18 Å². The quantitative estimate of drug-likeness (QED) is 0.671. The Bertz CT molecular complexity index is 799. The number of nitrogens with zero attached hydrogens (tertiary/aromatic N) is 1. The van der Waals surface area contributed by atoms with Crippen LogP contribution in [0.25, 0.3) is 0 Å². The Morgan fingerprint density at radius 3 is 2.59 bits per heavy atom. The molecule has 1 aliphatic heterocycles. The van der Waals surface area contributed by atoms with Gasteiger partial charge in [0.25, 0.3) is 0 Å². The summed E-state index contributed by atoms with van der Waals surface area (Å²) in [6.07, 6.45) is 3.10. The molecule has 0 atom stereocenters. The summed E-state index contributed by atoms with van der Waals surface area (Å²) in [6.45, 7) is 7.34. The third-order valence-electron chi connectivity index (χ3n) is 5.42. The number of ether oxygens (including phenoxy) is 1. The van der Waals surface area contributed by atoms with E-state index in [0.717, 1.165) is 49.4 Å². The zero-order valence-corrected chi connectivity index (χ0v) is 17.4. The standard InChI is InChI=1S/C24H31FN2O2/c1-18-5-6-19(2)23(16-18)29-15-3-4-24(28)26-22-11-13-27(14-12-22)17-20-7-9-21(25)10-8-20/h5-10,16,22H,3-4,11-15,17H2,1-2H3,(H,26,28). The van der Waals surface area contributed by atoms with Crippen LogP contribution in [-0.2, 0) is 11.3 Å². The minimum Gasteiger partial charge on any atom is -0.493 e. The molecule has 4 nitrogen and oxygen atoms in total. The monoisotopic (exact) mass is 398 g/mol. The minimum atomic E-state index is -0.199. The van der Waals surface area contributed by atoms with Crippen LogP contribution < -0.4 is 10.1 Å². The number of piperidine rings is 1. The van der Waals surface area contributed by atoms with Gasteiger partial charge in [-0.1, -0.05) is 24.3 Å². The number of nitrogens with one attached hydrogen (secondary N) is 1. The Hall–Kier alpha value is -2.40. The topological polar surface area (TPSA) is 41.6 Å². The zero-order valence-electron chi connectivity index (χ0n) is 17.4. The Morgan fingerprint density at radius 2 is 1.86 bits per heavy atom. The van der Waals surface area contributed by atoms with Crippen LogP contribution in [0.2, 0.25) is 0 Å². The Labute approximate surface area is 173 Å². The van der Waals surface area contributed by atoms with Crippen LogP contribution in [0.1, 0.15) is 42.4 Å². The summed E-state index contributed by atoms with van der Waals surface area (Å²) in [5.41, 5.74) is 3.42. The molecule has 0 radical (unpaired) electrons. The molecule has 3 rings (SSSR count). The molecule has 0 aromatic heterocycles. The predicted molar refractivity (Wildman–Crippen MR) is 113 cm³/mol.